The van der Waals surface area contributed by atoms with Gasteiger partial charge in [-0.2, -0.15) is 0 Å². The molecular formula is C14H31NO. The van der Waals surface area contributed by atoms with Crippen molar-refractivity contribution in [2.75, 3.05) is 26.2 Å². The molecule has 1 N–H and O–H groups in total. The van der Waals surface area contributed by atoms with Crippen molar-refractivity contribution in [2.24, 2.45) is 17.8 Å². The average Bonchev–Trinajstić information content (AvgIpc) is 2.21. The van der Waals surface area contributed by atoms with E-state index in [4.69, 9.17) is 5.11 Å². The van der Waals surface area contributed by atoms with Gasteiger partial charge in [0.25, 0.3) is 0 Å². The normalized spacial score (nSPS) is 14.1. The van der Waals surface area contributed by atoms with Crippen LogP contribution in [0.5, 0.6) is 0 Å². The maximum absolute atomic E-state index is 9.11. The third kappa shape index (κ3) is 9.17. The second-order valence-electron chi connectivity index (χ2n) is 5.95. The van der Waals surface area contributed by atoms with E-state index in [2.05, 4.69) is 39.5 Å². The van der Waals surface area contributed by atoms with Crippen LogP contribution in [-0.4, -0.2) is 36.2 Å². The Bertz CT molecular complexity index is 145. The summed E-state index contributed by atoms with van der Waals surface area (Å²) in [6.07, 6.45) is 2.52. The van der Waals surface area contributed by atoms with Crippen molar-refractivity contribution >= 4 is 0 Å². The molecule has 16 heavy (non-hydrogen) atoms. The van der Waals surface area contributed by atoms with Crippen LogP contribution in [0.25, 0.3) is 0 Å². The molecule has 2 heteroatoms. The van der Waals surface area contributed by atoms with Crippen molar-refractivity contribution in [3.05, 3.63) is 0 Å². The minimum Gasteiger partial charge on any atom is -0.396 e. The molecule has 0 aromatic heterocycles. The van der Waals surface area contributed by atoms with E-state index in [-0.39, 0.29) is 0 Å². The molecule has 0 amide bonds. The van der Waals surface area contributed by atoms with Gasteiger partial charge in [-0.25, -0.2) is 0 Å². The monoisotopic (exact) mass is 229 g/mol. The molecule has 0 aliphatic rings. The highest BCUT2D eigenvalue weighted by Crippen LogP contribution is 2.08. The van der Waals surface area contributed by atoms with E-state index in [1.807, 2.05) is 0 Å². The summed E-state index contributed by atoms with van der Waals surface area (Å²) in [5, 5.41) is 9.11. The molecule has 0 saturated carbocycles. The summed E-state index contributed by atoms with van der Waals surface area (Å²) in [7, 11) is 0. The van der Waals surface area contributed by atoms with Crippen molar-refractivity contribution in [1.29, 1.82) is 0 Å². The molecule has 0 radical (unpaired) electrons. The van der Waals surface area contributed by atoms with Crippen molar-refractivity contribution in [3.63, 3.8) is 0 Å². The SMILES string of the molecule is CC(C)CCN(CCC(C)C)CC(C)CO. The summed E-state index contributed by atoms with van der Waals surface area (Å²) in [5.74, 6) is 1.94. The van der Waals surface area contributed by atoms with Gasteiger partial charge in [-0.15, -0.1) is 0 Å². The Morgan fingerprint density at radius 3 is 1.62 bits per heavy atom. The first kappa shape index (κ1) is 15.9. The van der Waals surface area contributed by atoms with Gasteiger partial charge in [-0.1, -0.05) is 34.6 Å². The summed E-state index contributed by atoms with van der Waals surface area (Å²) >= 11 is 0. The molecule has 2 nitrogen and oxygen atoms in total. The summed E-state index contributed by atoms with van der Waals surface area (Å²) in [6, 6.07) is 0. The second-order valence-corrected chi connectivity index (χ2v) is 5.95. The van der Waals surface area contributed by atoms with Crippen LogP contribution in [0.3, 0.4) is 0 Å². The van der Waals surface area contributed by atoms with E-state index in [1.54, 1.807) is 0 Å². The Kier molecular flexibility index (Phi) is 8.96. The van der Waals surface area contributed by atoms with E-state index in [0.717, 1.165) is 18.4 Å². The van der Waals surface area contributed by atoms with Gasteiger partial charge >= 0.3 is 0 Å². The zero-order valence-corrected chi connectivity index (χ0v) is 11.9. The lowest BCUT2D eigenvalue weighted by Gasteiger charge is -2.26. The lowest BCUT2D eigenvalue weighted by Crippen LogP contribution is -2.33. The molecule has 0 bridgehead atoms. The van der Waals surface area contributed by atoms with E-state index >= 15 is 0 Å². The van der Waals surface area contributed by atoms with Crippen LogP contribution in [0.2, 0.25) is 0 Å². The predicted molar refractivity (Wildman–Crippen MR) is 71.6 cm³/mol. The van der Waals surface area contributed by atoms with Crippen molar-refractivity contribution < 1.29 is 5.11 Å². The molecule has 0 aliphatic heterocycles. The molecule has 0 saturated heterocycles. The first-order valence-electron chi connectivity index (χ1n) is 6.78. The number of hydrogen-bond acceptors (Lipinski definition) is 2. The van der Waals surface area contributed by atoms with Crippen molar-refractivity contribution in [3.8, 4) is 0 Å². The van der Waals surface area contributed by atoms with Gasteiger partial charge in [0.1, 0.15) is 0 Å². The smallest absolute Gasteiger partial charge is 0.0468 e. The van der Waals surface area contributed by atoms with Crippen LogP contribution in [0.15, 0.2) is 0 Å². The van der Waals surface area contributed by atoms with Crippen LogP contribution in [-0.2, 0) is 0 Å². The summed E-state index contributed by atoms with van der Waals surface area (Å²) in [4.78, 5) is 2.51. The predicted octanol–water partition coefficient (Wildman–Crippen LogP) is 3.01. The molecule has 0 heterocycles. The Morgan fingerprint density at radius 2 is 1.31 bits per heavy atom. The van der Waals surface area contributed by atoms with E-state index in [1.165, 1.54) is 25.9 Å². The number of hydrogen-bond donors (Lipinski definition) is 1. The van der Waals surface area contributed by atoms with Gasteiger partial charge in [0.2, 0.25) is 0 Å². The number of aliphatic hydroxyl groups excluding tert-OH is 1. The lowest BCUT2D eigenvalue weighted by molar-refractivity contribution is 0.163. The average molecular weight is 229 g/mol. The lowest BCUT2D eigenvalue weighted by atomic mass is 10.1. The molecule has 0 aliphatic carbocycles. The Morgan fingerprint density at radius 1 is 0.875 bits per heavy atom. The van der Waals surface area contributed by atoms with Gasteiger partial charge in [0, 0.05) is 13.2 Å². The van der Waals surface area contributed by atoms with Gasteiger partial charge < -0.3 is 10.0 Å². The van der Waals surface area contributed by atoms with Crippen molar-refractivity contribution in [1.82, 2.24) is 4.90 Å². The van der Waals surface area contributed by atoms with E-state index < -0.39 is 0 Å². The van der Waals surface area contributed by atoms with Crippen LogP contribution < -0.4 is 0 Å². The molecule has 0 fully saturated rings. The first-order chi connectivity index (χ1) is 7.45. The Balaban J connectivity index is 3.94. The number of rotatable bonds is 9. The minimum absolute atomic E-state index is 0.305. The third-order valence-electron chi connectivity index (χ3n) is 2.93. The molecule has 1 atom stereocenters. The van der Waals surface area contributed by atoms with E-state index in [0.29, 0.717) is 12.5 Å². The zero-order chi connectivity index (χ0) is 12.6. The molecule has 1 unspecified atom stereocenters. The van der Waals surface area contributed by atoms with Gasteiger partial charge in [-0.3, -0.25) is 0 Å². The third-order valence-corrected chi connectivity index (χ3v) is 2.93. The standard InChI is InChI=1S/C14H31NO/c1-12(2)6-8-15(9-7-13(3)4)10-14(5)11-16/h12-14,16H,6-11H2,1-5H3. The maximum atomic E-state index is 9.11. The van der Waals surface area contributed by atoms with Gasteiger partial charge in [-0.05, 0) is 43.7 Å². The summed E-state index contributed by atoms with van der Waals surface area (Å²) in [6.45, 7) is 14.9. The highest BCUT2D eigenvalue weighted by molar-refractivity contribution is 4.64. The van der Waals surface area contributed by atoms with Crippen molar-refractivity contribution in [2.45, 2.75) is 47.5 Å². The molecular weight excluding hydrogens is 198 g/mol. The molecule has 0 aromatic carbocycles. The zero-order valence-electron chi connectivity index (χ0n) is 11.9. The summed E-state index contributed by atoms with van der Waals surface area (Å²) in [5.41, 5.74) is 0. The fourth-order valence-corrected chi connectivity index (χ4v) is 1.67. The van der Waals surface area contributed by atoms with Gasteiger partial charge in [0.15, 0.2) is 0 Å². The topological polar surface area (TPSA) is 23.5 Å². The molecule has 98 valence electrons. The summed E-state index contributed by atoms with van der Waals surface area (Å²) < 4.78 is 0. The van der Waals surface area contributed by atoms with Crippen LogP contribution in [0, 0.1) is 17.8 Å². The Hall–Kier alpha value is -0.0800. The fraction of sp³-hybridized carbons (Fsp3) is 1.00. The van der Waals surface area contributed by atoms with Crippen LogP contribution >= 0.6 is 0 Å². The minimum atomic E-state index is 0.305. The number of aliphatic hydroxyl groups is 1. The molecule has 0 spiro atoms. The Labute approximate surface area is 102 Å². The number of nitrogens with zero attached hydrogens (tertiary/aromatic N) is 1. The first-order valence-corrected chi connectivity index (χ1v) is 6.78. The van der Waals surface area contributed by atoms with Gasteiger partial charge in [0.05, 0.1) is 0 Å². The maximum Gasteiger partial charge on any atom is 0.0468 e. The second kappa shape index (κ2) is 9.00. The molecule has 0 rings (SSSR count). The van der Waals surface area contributed by atoms with Crippen LogP contribution in [0.1, 0.15) is 47.5 Å². The van der Waals surface area contributed by atoms with Crippen LogP contribution in [0.4, 0.5) is 0 Å². The largest absolute Gasteiger partial charge is 0.396 e. The molecule has 0 aromatic rings. The fourth-order valence-electron chi connectivity index (χ4n) is 1.67. The quantitative estimate of drug-likeness (QED) is 0.657. The van der Waals surface area contributed by atoms with E-state index in [9.17, 15) is 0 Å². The highest BCUT2D eigenvalue weighted by Gasteiger charge is 2.10. The highest BCUT2D eigenvalue weighted by atomic mass is 16.3.